The van der Waals surface area contributed by atoms with Gasteiger partial charge in [-0.1, -0.05) is 18.2 Å². The number of aliphatic hydroxyl groups is 1. The highest BCUT2D eigenvalue weighted by Gasteiger charge is 2.06. The van der Waals surface area contributed by atoms with Crippen molar-refractivity contribution in [3.63, 3.8) is 0 Å². The van der Waals surface area contributed by atoms with E-state index in [-0.39, 0.29) is 18.3 Å². The van der Waals surface area contributed by atoms with Crippen LogP contribution in [0.3, 0.4) is 0 Å². The summed E-state index contributed by atoms with van der Waals surface area (Å²) in [4.78, 5) is 13.2. The summed E-state index contributed by atoms with van der Waals surface area (Å²) in [6.45, 7) is 0.505. The van der Waals surface area contributed by atoms with E-state index in [9.17, 15) is 9.18 Å². The lowest BCUT2D eigenvalue weighted by molar-refractivity contribution is -0.116. The van der Waals surface area contributed by atoms with Crippen LogP contribution < -0.4 is 5.32 Å². The first-order chi connectivity index (χ1) is 10.2. The number of nitrogens with one attached hydrogen (secondary N) is 1. The van der Waals surface area contributed by atoms with Crippen molar-refractivity contribution < 1.29 is 14.3 Å². The van der Waals surface area contributed by atoms with Crippen molar-refractivity contribution in [2.45, 2.75) is 6.42 Å². The van der Waals surface area contributed by atoms with E-state index in [2.05, 4.69) is 5.32 Å². The van der Waals surface area contributed by atoms with Crippen molar-refractivity contribution in [3.05, 3.63) is 53.2 Å². The molecule has 0 fully saturated rings. The molecule has 1 amide bonds. The average molecular weight is 305 g/mol. The molecule has 0 saturated carbocycles. The number of carbonyl (C=O) groups is 1. The second kappa shape index (κ2) is 7.71. The maximum Gasteiger partial charge on any atom is 0.244 e. The van der Waals surface area contributed by atoms with Gasteiger partial charge in [-0.05, 0) is 30.7 Å². The van der Waals surface area contributed by atoms with Gasteiger partial charge in [0, 0.05) is 34.5 Å². The molecule has 1 aromatic carbocycles. The van der Waals surface area contributed by atoms with E-state index < -0.39 is 0 Å². The van der Waals surface area contributed by atoms with Gasteiger partial charge in [-0.25, -0.2) is 4.39 Å². The molecule has 0 aliphatic rings. The van der Waals surface area contributed by atoms with Crippen LogP contribution in [0.15, 0.2) is 42.5 Å². The van der Waals surface area contributed by atoms with Gasteiger partial charge < -0.3 is 10.4 Å². The van der Waals surface area contributed by atoms with Gasteiger partial charge in [-0.15, -0.1) is 11.3 Å². The van der Waals surface area contributed by atoms with Gasteiger partial charge in [0.15, 0.2) is 0 Å². The number of rotatable bonds is 6. The molecule has 0 spiro atoms. The minimum Gasteiger partial charge on any atom is -0.396 e. The maximum atomic E-state index is 13.7. The van der Waals surface area contributed by atoms with E-state index in [1.807, 2.05) is 12.1 Å². The topological polar surface area (TPSA) is 49.3 Å². The predicted molar refractivity (Wildman–Crippen MR) is 83.5 cm³/mol. The first-order valence-electron chi connectivity index (χ1n) is 6.62. The van der Waals surface area contributed by atoms with E-state index in [1.54, 1.807) is 24.3 Å². The lowest BCUT2D eigenvalue weighted by Gasteiger charge is -1.98. The second-order valence-corrected chi connectivity index (χ2v) is 5.50. The molecule has 1 heterocycles. The van der Waals surface area contributed by atoms with E-state index >= 15 is 0 Å². The lowest BCUT2D eigenvalue weighted by Crippen LogP contribution is -2.22. The van der Waals surface area contributed by atoms with Crippen LogP contribution in [-0.2, 0) is 4.79 Å². The number of benzene rings is 1. The fourth-order valence-corrected chi connectivity index (χ4v) is 2.69. The molecule has 0 bridgehead atoms. The number of amides is 1. The van der Waals surface area contributed by atoms with Crippen LogP contribution >= 0.6 is 11.3 Å². The standard InChI is InChI=1S/C16H16FNO2S/c17-14-5-2-1-4-13(14)15-8-6-12(21-15)7-9-16(20)18-10-3-11-19/h1-2,4-9,19H,3,10-11H2,(H,18,20)/b9-7+. The number of carbonyl (C=O) groups excluding carboxylic acids is 1. The Morgan fingerprint density at radius 1 is 1.29 bits per heavy atom. The minimum absolute atomic E-state index is 0.0565. The number of halogens is 1. The summed E-state index contributed by atoms with van der Waals surface area (Å²) in [5, 5.41) is 11.3. The molecule has 1 aromatic heterocycles. The Bertz CT molecular complexity index is 637. The fourth-order valence-electron chi connectivity index (χ4n) is 1.76. The molecule has 0 aliphatic heterocycles. The molecule has 110 valence electrons. The Hall–Kier alpha value is -1.98. The van der Waals surface area contributed by atoms with E-state index in [1.165, 1.54) is 23.5 Å². The number of hydrogen-bond donors (Lipinski definition) is 2. The summed E-state index contributed by atoms with van der Waals surface area (Å²) in [5.74, 6) is -0.457. The Kier molecular flexibility index (Phi) is 5.66. The zero-order valence-electron chi connectivity index (χ0n) is 11.4. The highest BCUT2D eigenvalue weighted by Crippen LogP contribution is 2.30. The van der Waals surface area contributed by atoms with Gasteiger partial charge in [-0.3, -0.25) is 4.79 Å². The molecule has 2 rings (SSSR count). The Morgan fingerprint density at radius 2 is 2.10 bits per heavy atom. The number of hydrogen-bond acceptors (Lipinski definition) is 3. The number of thiophene rings is 1. The van der Waals surface area contributed by atoms with Crippen LogP contribution in [0.25, 0.3) is 16.5 Å². The third kappa shape index (κ3) is 4.51. The summed E-state index contributed by atoms with van der Waals surface area (Å²) in [6, 6.07) is 10.3. The lowest BCUT2D eigenvalue weighted by atomic mass is 10.2. The summed E-state index contributed by atoms with van der Waals surface area (Å²) < 4.78 is 13.7. The van der Waals surface area contributed by atoms with Crippen LogP contribution in [0.5, 0.6) is 0 Å². The van der Waals surface area contributed by atoms with Gasteiger partial charge in [-0.2, -0.15) is 0 Å². The first-order valence-corrected chi connectivity index (χ1v) is 7.44. The van der Waals surface area contributed by atoms with Gasteiger partial charge in [0.25, 0.3) is 0 Å². The summed E-state index contributed by atoms with van der Waals surface area (Å²) in [6.07, 6.45) is 3.67. The highest BCUT2D eigenvalue weighted by molar-refractivity contribution is 7.16. The Morgan fingerprint density at radius 3 is 2.86 bits per heavy atom. The Labute approximate surface area is 126 Å². The maximum absolute atomic E-state index is 13.7. The molecule has 0 aliphatic carbocycles. The largest absolute Gasteiger partial charge is 0.396 e. The quantitative estimate of drug-likeness (QED) is 0.636. The monoisotopic (exact) mass is 305 g/mol. The van der Waals surface area contributed by atoms with Crippen LogP contribution in [0, 0.1) is 5.82 Å². The van der Waals surface area contributed by atoms with Crippen LogP contribution in [-0.4, -0.2) is 24.2 Å². The van der Waals surface area contributed by atoms with Crippen LogP contribution in [0.2, 0.25) is 0 Å². The molecular formula is C16H16FNO2S. The predicted octanol–water partition coefficient (Wildman–Crippen LogP) is 3.07. The highest BCUT2D eigenvalue weighted by atomic mass is 32.1. The smallest absolute Gasteiger partial charge is 0.244 e. The van der Waals surface area contributed by atoms with Gasteiger partial charge >= 0.3 is 0 Å². The van der Waals surface area contributed by atoms with Crippen molar-refractivity contribution in [2.75, 3.05) is 13.2 Å². The molecule has 0 unspecified atom stereocenters. The SMILES string of the molecule is O=C(/C=C/c1ccc(-c2ccccc2F)s1)NCCCO. The fraction of sp³-hybridized carbons (Fsp3) is 0.188. The van der Waals surface area contributed by atoms with Gasteiger partial charge in [0.1, 0.15) is 5.82 Å². The third-order valence-corrected chi connectivity index (χ3v) is 3.88. The molecule has 21 heavy (non-hydrogen) atoms. The van der Waals surface area contributed by atoms with Crippen molar-refractivity contribution in [2.24, 2.45) is 0 Å². The van der Waals surface area contributed by atoms with E-state index in [4.69, 9.17) is 5.11 Å². The van der Waals surface area contributed by atoms with Gasteiger partial charge in [0.05, 0.1) is 0 Å². The van der Waals surface area contributed by atoms with Gasteiger partial charge in [0.2, 0.25) is 5.91 Å². The normalized spacial score (nSPS) is 11.0. The third-order valence-electron chi connectivity index (χ3n) is 2.80. The molecule has 0 radical (unpaired) electrons. The second-order valence-electron chi connectivity index (χ2n) is 4.38. The first kappa shape index (κ1) is 15.4. The van der Waals surface area contributed by atoms with Crippen molar-refractivity contribution in [3.8, 4) is 10.4 Å². The summed E-state index contributed by atoms with van der Waals surface area (Å²) >= 11 is 1.42. The molecule has 2 aromatic rings. The molecule has 0 atom stereocenters. The zero-order valence-corrected chi connectivity index (χ0v) is 12.2. The van der Waals surface area contributed by atoms with Crippen molar-refractivity contribution in [1.29, 1.82) is 0 Å². The minimum atomic E-state index is -0.253. The molecule has 0 saturated heterocycles. The molecular weight excluding hydrogens is 289 g/mol. The summed E-state index contributed by atoms with van der Waals surface area (Å²) in [7, 11) is 0. The zero-order chi connectivity index (χ0) is 15.1. The molecule has 5 heteroatoms. The van der Waals surface area contributed by atoms with E-state index in [0.29, 0.717) is 18.5 Å². The number of aliphatic hydroxyl groups excluding tert-OH is 1. The van der Waals surface area contributed by atoms with Crippen molar-refractivity contribution >= 4 is 23.3 Å². The van der Waals surface area contributed by atoms with E-state index in [0.717, 1.165) is 9.75 Å². The Balaban J connectivity index is 2.00. The van der Waals surface area contributed by atoms with Crippen LogP contribution in [0.4, 0.5) is 4.39 Å². The molecule has 2 N–H and O–H groups in total. The molecule has 3 nitrogen and oxygen atoms in total. The summed E-state index contributed by atoms with van der Waals surface area (Å²) in [5.41, 5.74) is 0.564. The van der Waals surface area contributed by atoms with Crippen molar-refractivity contribution in [1.82, 2.24) is 5.32 Å². The van der Waals surface area contributed by atoms with Crippen LogP contribution in [0.1, 0.15) is 11.3 Å². The average Bonchev–Trinajstić information content (AvgIpc) is 2.94.